The molecule has 0 spiro atoms. The molecule has 0 amide bonds. The lowest BCUT2D eigenvalue weighted by molar-refractivity contribution is 0.722. The van der Waals surface area contributed by atoms with Gasteiger partial charge in [-0.3, -0.25) is 9.36 Å². The Morgan fingerprint density at radius 3 is 2.92 bits per heavy atom. The lowest BCUT2D eigenvalue weighted by Gasteiger charge is -2.12. The molecular weight excluding hydrogens is 394 g/mol. The van der Waals surface area contributed by atoms with Gasteiger partial charge in [-0.05, 0) is 25.1 Å². The van der Waals surface area contributed by atoms with Crippen LogP contribution in [0.3, 0.4) is 0 Å². The van der Waals surface area contributed by atoms with E-state index >= 15 is 0 Å². The maximum absolute atomic E-state index is 12.9. The minimum absolute atomic E-state index is 0.0450. The molecule has 0 N–H and O–H groups in total. The molecule has 2 aromatic heterocycles. The lowest BCUT2D eigenvalue weighted by atomic mass is 10.3. The highest BCUT2D eigenvalue weighted by Gasteiger charge is 2.24. The molecule has 1 aliphatic heterocycles. The Hall–Kier alpha value is -1.54. The Balaban J connectivity index is 1.94. The standard InChI is InChI=1S/C17H14ClN3OS3/c1-3-21-14(9-13-19-6-7-23-13)25-15(16(21)22)17-20(2)11-8-10(18)4-5-12(11)24-17/h4-9H,3H2,1-2H3. The minimum Gasteiger partial charge on any atom is -0.337 e. The third-order valence-electron chi connectivity index (χ3n) is 3.91. The Kier molecular flexibility index (Phi) is 4.49. The predicted molar refractivity (Wildman–Crippen MR) is 108 cm³/mol. The predicted octanol–water partition coefficient (Wildman–Crippen LogP) is 3.18. The molecule has 1 aliphatic rings. The van der Waals surface area contributed by atoms with Crippen LogP contribution >= 0.6 is 46.0 Å². The summed E-state index contributed by atoms with van der Waals surface area (Å²) in [6, 6.07) is 5.82. The minimum atomic E-state index is 0.0450. The van der Waals surface area contributed by atoms with Gasteiger partial charge >= 0.3 is 0 Å². The molecule has 0 saturated heterocycles. The van der Waals surface area contributed by atoms with Gasteiger partial charge in [-0.2, -0.15) is 0 Å². The summed E-state index contributed by atoms with van der Waals surface area (Å²) in [6.07, 6.45) is 3.75. The van der Waals surface area contributed by atoms with Crippen LogP contribution in [0, 0.1) is 0 Å². The van der Waals surface area contributed by atoms with Crippen molar-refractivity contribution in [2.24, 2.45) is 0 Å². The molecule has 4 rings (SSSR count). The fourth-order valence-electron chi connectivity index (χ4n) is 2.70. The van der Waals surface area contributed by atoms with E-state index in [1.165, 1.54) is 11.3 Å². The number of hydrogen-bond donors (Lipinski definition) is 0. The molecule has 3 heterocycles. The highest BCUT2D eigenvalue weighted by Crippen LogP contribution is 2.46. The summed E-state index contributed by atoms with van der Waals surface area (Å²) in [5.41, 5.74) is 1.08. The molecule has 0 fully saturated rings. The van der Waals surface area contributed by atoms with Gasteiger partial charge in [0.05, 0.1) is 5.69 Å². The van der Waals surface area contributed by atoms with Crippen LogP contribution in [0.4, 0.5) is 5.69 Å². The van der Waals surface area contributed by atoms with Gasteiger partial charge in [-0.1, -0.05) is 23.4 Å². The average Bonchev–Trinajstić information content (AvgIpc) is 3.28. The number of thiazole rings is 2. The fourth-order valence-corrected chi connectivity index (χ4v) is 5.94. The molecule has 1 aromatic carbocycles. The van der Waals surface area contributed by atoms with Crippen molar-refractivity contribution in [1.29, 1.82) is 0 Å². The lowest BCUT2D eigenvalue weighted by Crippen LogP contribution is -2.33. The van der Waals surface area contributed by atoms with Crippen molar-refractivity contribution < 1.29 is 0 Å². The summed E-state index contributed by atoms with van der Waals surface area (Å²) in [5, 5.41) is 4.49. The normalized spacial score (nSPS) is 16.6. The molecule has 0 bridgehead atoms. The topological polar surface area (TPSA) is 38.1 Å². The van der Waals surface area contributed by atoms with E-state index in [1.54, 1.807) is 33.9 Å². The van der Waals surface area contributed by atoms with Crippen molar-refractivity contribution in [3.8, 4) is 0 Å². The van der Waals surface area contributed by atoms with Crippen LogP contribution in [0.25, 0.3) is 11.1 Å². The molecule has 25 heavy (non-hydrogen) atoms. The Morgan fingerprint density at radius 2 is 2.20 bits per heavy atom. The second-order valence-corrected chi connectivity index (χ2v) is 8.84. The Morgan fingerprint density at radius 1 is 1.36 bits per heavy atom. The van der Waals surface area contributed by atoms with Crippen LogP contribution in [0.15, 0.2) is 39.5 Å². The number of hydrogen-bond acceptors (Lipinski definition) is 6. The summed E-state index contributed by atoms with van der Waals surface area (Å²) in [7, 11) is 1.98. The first-order valence-corrected chi connectivity index (χ1v) is 10.5. The van der Waals surface area contributed by atoms with Crippen LogP contribution in [0.2, 0.25) is 5.02 Å². The van der Waals surface area contributed by atoms with Gasteiger partial charge in [0.15, 0.2) is 0 Å². The zero-order chi connectivity index (χ0) is 17.6. The van der Waals surface area contributed by atoms with E-state index in [-0.39, 0.29) is 5.56 Å². The van der Waals surface area contributed by atoms with Crippen molar-refractivity contribution in [3.05, 3.63) is 59.4 Å². The third kappa shape index (κ3) is 2.95. The molecule has 0 saturated carbocycles. The molecule has 4 nitrogen and oxygen atoms in total. The summed E-state index contributed by atoms with van der Waals surface area (Å²) in [4.78, 5) is 20.4. The van der Waals surface area contributed by atoms with E-state index in [2.05, 4.69) is 4.98 Å². The smallest absolute Gasteiger partial charge is 0.271 e. The van der Waals surface area contributed by atoms with E-state index in [4.69, 9.17) is 11.6 Å². The van der Waals surface area contributed by atoms with Crippen molar-refractivity contribution in [3.63, 3.8) is 0 Å². The van der Waals surface area contributed by atoms with E-state index in [9.17, 15) is 4.79 Å². The average molecular weight is 408 g/mol. The van der Waals surface area contributed by atoms with E-state index in [0.29, 0.717) is 11.6 Å². The van der Waals surface area contributed by atoms with Gasteiger partial charge < -0.3 is 4.90 Å². The molecule has 0 aliphatic carbocycles. The molecule has 8 heteroatoms. The number of benzene rings is 1. The summed E-state index contributed by atoms with van der Waals surface area (Å²) >= 11 is 10.8. The highest BCUT2D eigenvalue weighted by molar-refractivity contribution is 8.08. The molecule has 3 aromatic rings. The van der Waals surface area contributed by atoms with Gasteiger partial charge in [0.25, 0.3) is 5.56 Å². The number of rotatable bonds is 2. The molecule has 0 atom stereocenters. The van der Waals surface area contributed by atoms with Crippen LogP contribution in [0.5, 0.6) is 0 Å². The van der Waals surface area contributed by atoms with Gasteiger partial charge in [-0.15, -0.1) is 22.7 Å². The number of nitrogens with zero attached hydrogens (tertiary/aromatic N) is 3. The third-order valence-corrected chi connectivity index (χ3v) is 7.36. The monoisotopic (exact) mass is 407 g/mol. The van der Waals surface area contributed by atoms with Crippen LogP contribution < -0.4 is 19.7 Å². The molecule has 0 radical (unpaired) electrons. The number of anilines is 1. The maximum atomic E-state index is 12.9. The van der Waals surface area contributed by atoms with Crippen LogP contribution in [-0.2, 0) is 6.54 Å². The Bertz CT molecular complexity index is 1120. The summed E-state index contributed by atoms with van der Waals surface area (Å²) < 4.78 is 3.48. The zero-order valence-corrected chi connectivity index (χ0v) is 16.7. The van der Waals surface area contributed by atoms with Crippen LogP contribution in [0.1, 0.15) is 11.9 Å². The van der Waals surface area contributed by atoms with Gasteiger partial charge in [0.2, 0.25) is 0 Å². The number of aromatic nitrogens is 2. The van der Waals surface area contributed by atoms with E-state index in [0.717, 1.165) is 29.8 Å². The molecular formula is C17H14ClN3OS3. The first-order valence-electron chi connectivity index (χ1n) is 7.64. The van der Waals surface area contributed by atoms with Crippen molar-refractivity contribution in [2.75, 3.05) is 11.9 Å². The molecule has 128 valence electrons. The van der Waals surface area contributed by atoms with Gasteiger partial charge in [-0.25, -0.2) is 4.98 Å². The Labute approximate surface area is 161 Å². The fraction of sp³-hybridized carbons (Fsp3) is 0.176. The first kappa shape index (κ1) is 16.9. The van der Waals surface area contributed by atoms with Crippen molar-refractivity contribution >= 4 is 62.8 Å². The summed E-state index contributed by atoms with van der Waals surface area (Å²) in [6.45, 7) is 2.62. The molecule has 0 unspecified atom stereocenters. The first-order chi connectivity index (χ1) is 12.1. The van der Waals surface area contributed by atoms with E-state index < -0.39 is 0 Å². The van der Waals surface area contributed by atoms with E-state index in [1.807, 2.05) is 48.5 Å². The SMILES string of the molecule is CCn1c(=Cc2nccs2)sc(=C2Sc3ccc(Cl)cc3N2C)c1=O. The maximum Gasteiger partial charge on any atom is 0.271 e. The van der Waals surface area contributed by atoms with Crippen molar-refractivity contribution in [1.82, 2.24) is 9.55 Å². The highest BCUT2D eigenvalue weighted by atomic mass is 35.5. The second kappa shape index (κ2) is 6.64. The number of thioether (sulfide) groups is 1. The van der Waals surface area contributed by atoms with Gasteiger partial charge in [0, 0.05) is 41.2 Å². The van der Waals surface area contributed by atoms with Gasteiger partial charge in [0.1, 0.15) is 19.2 Å². The number of halogens is 1. The quantitative estimate of drug-likeness (QED) is 0.654. The number of fused-ring (bicyclic) bond motifs is 1. The summed E-state index contributed by atoms with van der Waals surface area (Å²) in [5.74, 6) is 0. The zero-order valence-electron chi connectivity index (χ0n) is 13.5. The largest absolute Gasteiger partial charge is 0.337 e. The second-order valence-electron chi connectivity index (χ2n) is 5.41. The van der Waals surface area contributed by atoms with Crippen LogP contribution in [-0.4, -0.2) is 16.6 Å². The van der Waals surface area contributed by atoms with Crippen molar-refractivity contribution in [2.45, 2.75) is 18.4 Å².